The Labute approximate surface area is 114 Å². The van der Waals surface area contributed by atoms with Crippen LogP contribution >= 0.6 is 0 Å². The van der Waals surface area contributed by atoms with Crippen molar-refractivity contribution < 1.29 is 5.21 Å². The molecule has 0 amide bonds. The van der Waals surface area contributed by atoms with Gasteiger partial charge in [0, 0.05) is 24.4 Å². The highest BCUT2D eigenvalue weighted by Gasteiger charge is 2.22. The molecule has 0 saturated carbocycles. The third-order valence-corrected chi connectivity index (χ3v) is 3.28. The van der Waals surface area contributed by atoms with Crippen LogP contribution in [0.1, 0.15) is 33.1 Å². The van der Waals surface area contributed by atoms with E-state index in [2.05, 4.69) is 15.6 Å². The van der Waals surface area contributed by atoms with Crippen molar-refractivity contribution in [2.45, 2.75) is 39.7 Å². The van der Waals surface area contributed by atoms with Crippen LogP contribution in [0.25, 0.3) is 0 Å². The molecule has 0 atom stereocenters. The molecule has 0 aromatic carbocycles. The SMILES string of the molecule is CC(C)(CCCCNCCn1cccn1)/C(N)=N/O. The largest absolute Gasteiger partial charge is 0.409 e. The number of nitrogens with one attached hydrogen (secondary N) is 1. The minimum absolute atomic E-state index is 0.232. The Kier molecular flexibility index (Phi) is 6.35. The predicted octanol–water partition coefficient (Wildman–Crippen LogP) is 1.42. The van der Waals surface area contributed by atoms with E-state index in [1.165, 1.54) is 0 Å². The second kappa shape index (κ2) is 7.78. The minimum atomic E-state index is -0.232. The van der Waals surface area contributed by atoms with Crippen molar-refractivity contribution in [2.24, 2.45) is 16.3 Å². The van der Waals surface area contributed by atoms with E-state index in [-0.39, 0.29) is 5.41 Å². The zero-order chi connectivity index (χ0) is 14.1. The standard InChI is InChI=1S/C13H25N5O/c1-13(2,12(14)17-19)6-3-4-7-15-9-11-18-10-5-8-16-18/h5,8,10,15,19H,3-4,6-7,9,11H2,1-2H3,(H2,14,17). The van der Waals surface area contributed by atoms with Crippen molar-refractivity contribution in [2.75, 3.05) is 13.1 Å². The van der Waals surface area contributed by atoms with Gasteiger partial charge in [0.1, 0.15) is 5.84 Å². The number of rotatable bonds is 9. The molecule has 6 nitrogen and oxygen atoms in total. The smallest absolute Gasteiger partial charge is 0.144 e. The maximum atomic E-state index is 8.68. The van der Waals surface area contributed by atoms with E-state index < -0.39 is 0 Å². The van der Waals surface area contributed by atoms with Crippen molar-refractivity contribution in [3.63, 3.8) is 0 Å². The summed E-state index contributed by atoms with van der Waals surface area (Å²) >= 11 is 0. The van der Waals surface area contributed by atoms with Gasteiger partial charge in [0.25, 0.3) is 0 Å². The van der Waals surface area contributed by atoms with Crippen LogP contribution in [0.4, 0.5) is 0 Å². The van der Waals surface area contributed by atoms with Gasteiger partial charge in [-0.1, -0.05) is 25.4 Å². The lowest BCUT2D eigenvalue weighted by Gasteiger charge is -2.22. The van der Waals surface area contributed by atoms with Gasteiger partial charge in [0.05, 0.1) is 6.54 Å². The summed E-state index contributed by atoms with van der Waals surface area (Å²) in [6.07, 6.45) is 6.80. The molecule has 108 valence electrons. The van der Waals surface area contributed by atoms with Crippen molar-refractivity contribution in [1.29, 1.82) is 0 Å². The first-order valence-corrected chi connectivity index (χ1v) is 6.72. The molecule has 0 fully saturated rings. The van der Waals surface area contributed by atoms with Crippen LogP contribution in [-0.4, -0.2) is 33.9 Å². The first-order valence-electron chi connectivity index (χ1n) is 6.72. The Hall–Kier alpha value is -1.56. The Morgan fingerprint density at radius 2 is 2.21 bits per heavy atom. The fourth-order valence-electron chi connectivity index (χ4n) is 1.83. The van der Waals surface area contributed by atoms with Crippen molar-refractivity contribution >= 4 is 5.84 Å². The van der Waals surface area contributed by atoms with E-state index in [0.29, 0.717) is 5.84 Å². The molecule has 19 heavy (non-hydrogen) atoms. The third kappa shape index (κ3) is 5.74. The summed E-state index contributed by atoms with van der Waals surface area (Å²) in [5, 5.41) is 19.3. The Morgan fingerprint density at radius 3 is 2.84 bits per heavy atom. The van der Waals surface area contributed by atoms with Crippen LogP contribution < -0.4 is 11.1 Å². The zero-order valence-electron chi connectivity index (χ0n) is 11.8. The van der Waals surface area contributed by atoms with Gasteiger partial charge < -0.3 is 16.3 Å². The topological polar surface area (TPSA) is 88.5 Å². The van der Waals surface area contributed by atoms with E-state index in [1.54, 1.807) is 6.20 Å². The highest BCUT2D eigenvalue weighted by atomic mass is 16.4. The maximum absolute atomic E-state index is 8.68. The van der Waals surface area contributed by atoms with Crippen LogP contribution in [0, 0.1) is 5.41 Å². The molecule has 0 unspecified atom stereocenters. The summed E-state index contributed by atoms with van der Waals surface area (Å²) in [5.41, 5.74) is 5.41. The lowest BCUT2D eigenvalue weighted by molar-refractivity contribution is 0.304. The van der Waals surface area contributed by atoms with Crippen LogP contribution in [0.3, 0.4) is 0 Å². The zero-order valence-corrected chi connectivity index (χ0v) is 11.8. The second-order valence-electron chi connectivity index (χ2n) is 5.35. The molecule has 1 aromatic rings. The minimum Gasteiger partial charge on any atom is -0.409 e. The molecule has 1 aromatic heterocycles. The van der Waals surface area contributed by atoms with E-state index in [1.807, 2.05) is 30.8 Å². The second-order valence-corrected chi connectivity index (χ2v) is 5.35. The highest BCUT2D eigenvalue weighted by Crippen LogP contribution is 2.22. The normalized spacial score (nSPS) is 12.8. The first-order chi connectivity index (χ1) is 9.06. The summed E-state index contributed by atoms with van der Waals surface area (Å²) in [4.78, 5) is 0. The Balaban J connectivity index is 2.02. The van der Waals surface area contributed by atoms with E-state index in [0.717, 1.165) is 38.9 Å². The number of amidine groups is 1. The molecule has 4 N–H and O–H groups in total. The van der Waals surface area contributed by atoms with Crippen LogP contribution in [0.5, 0.6) is 0 Å². The lowest BCUT2D eigenvalue weighted by Crippen LogP contribution is -2.32. The van der Waals surface area contributed by atoms with Crippen LogP contribution in [0.15, 0.2) is 23.6 Å². The molecule has 0 spiro atoms. The number of nitrogens with zero attached hydrogens (tertiary/aromatic N) is 3. The maximum Gasteiger partial charge on any atom is 0.144 e. The molecule has 1 rings (SSSR count). The number of oxime groups is 1. The van der Waals surface area contributed by atoms with Gasteiger partial charge in [-0.2, -0.15) is 5.10 Å². The molecule has 0 saturated heterocycles. The quantitative estimate of drug-likeness (QED) is 0.207. The molecule has 0 aliphatic carbocycles. The first kappa shape index (κ1) is 15.5. The lowest BCUT2D eigenvalue weighted by atomic mass is 9.86. The van der Waals surface area contributed by atoms with Crippen LogP contribution in [-0.2, 0) is 6.54 Å². The van der Waals surface area contributed by atoms with Crippen LogP contribution in [0.2, 0.25) is 0 Å². The molecule has 1 heterocycles. The van der Waals surface area contributed by atoms with Gasteiger partial charge >= 0.3 is 0 Å². The van der Waals surface area contributed by atoms with Gasteiger partial charge in [-0.25, -0.2) is 0 Å². The summed E-state index contributed by atoms with van der Waals surface area (Å²) in [6, 6.07) is 1.93. The monoisotopic (exact) mass is 267 g/mol. The van der Waals surface area contributed by atoms with E-state index in [4.69, 9.17) is 10.9 Å². The average Bonchev–Trinajstić information content (AvgIpc) is 2.89. The number of hydrogen-bond donors (Lipinski definition) is 3. The van der Waals surface area contributed by atoms with E-state index >= 15 is 0 Å². The van der Waals surface area contributed by atoms with Gasteiger partial charge in [-0.05, 0) is 25.5 Å². The predicted molar refractivity (Wildman–Crippen MR) is 76.1 cm³/mol. The van der Waals surface area contributed by atoms with Gasteiger partial charge in [-0.15, -0.1) is 0 Å². The van der Waals surface area contributed by atoms with Crippen molar-refractivity contribution in [1.82, 2.24) is 15.1 Å². The average molecular weight is 267 g/mol. The van der Waals surface area contributed by atoms with E-state index in [9.17, 15) is 0 Å². The molecule has 0 radical (unpaired) electrons. The van der Waals surface area contributed by atoms with Crippen molar-refractivity contribution in [3.8, 4) is 0 Å². The molecule has 0 aliphatic heterocycles. The fourth-order valence-corrected chi connectivity index (χ4v) is 1.83. The number of hydrogen-bond acceptors (Lipinski definition) is 4. The summed E-state index contributed by atoms with van der Waals surface area (Å²) in [7, 11) is 0. The molecule has 0 bridgehead atoms. The summed E-state index contributed by atoms with van der Waals surface area (Å²) < 4.78 is 1.91. The van der Waals surface area contributed by atoms with Gasteiger partial charge in [-0.3, -0.25) is 4.68 Å². The molecule has 6 heteroatoms. The highest BCUT2D eigenvalue weighted by molar-refractivity contribution is 5.85. The van der Waals surface area contributed by atoms with Crippen molar-refractivity contribution in [3.05, 3.63) is 18.5 Å². The molecular formula is C13H25N5O. The number of unbranched alkanes of at least 4 members (excludes halogenated alkanes) is 1. The Morgan fingerprint density at radius 1 is 1.42 bits per heavy atom. The van der Waals surface area contributed by atoms with Gasteiger partial charge in [0.15, 0.2) is 0 Å². The number of aromatic nitrogens is 2. The number of nitrogens with two attached hydrogens (primary N) is 1. The summed E-state index contributed by atoms with van der Waals surface area (Å²) in [5.74, 6) is 0.305. The van der Waals surface area contributed by atoms with Gasteiger partial charge in [0.2, 0.25) is 0 Å². The fraction of sp³-hybridized carbons (Fsp3) is 0.692. The molecular weight excluding hydrogens is 242 g/mol. The summed E-state index contributed by atoms with van der Waals surface area (Å²) in [6.45, 7) is 6.78. The third-order valence-electron chi connectivity index (χ3n) is 3.28. The molecule has 0 aliphatic rings. The Bertz CT molecular complexity index is 372.